The first-order chi connectivity index (χ1) is 22.3. The monoisotopic (exact) mass is 686 g/mol. The van der Waals surface area contributed by atoms with Crippen LogP contribution >= 0.6 is 0 Å². The van der Waals surface area contributed by atoms with Gasteiger partial charge >= 0.3 is 24.7 Å². The van der Waals surface area contributed by atoms with E-state index >= 15 is 0 Å². The predicted octanol–water partition coefficient (Wildman–Crippen LogP) is 12.5. The summed E-state index contributed by atoms with van der Waals surface area (Å²) >= 11 is 0. The average molecular weight is 687 g/mol. The number of alkyl halides is 12. The third kappa shape index (κ3) is 6.80. The van der Waals surface area contributed by atoms with E-state index in [1.54, 1.807) is 12.1 Å². The SMILES string of the molecule is FC(F)(F)c1cc(-c2cc3c(c(-c4cc(-c5cc(C(F)(F)F)cc(C(F)(F)F)c5)cc5c4CCCC5)c2)CCCC3)cc(C(F)(F)F)c1. The largest absolute Gasteiger partial charge is 0.416 e. The van der Waals surface area contributed by atoms with Crippen LogP contribution in [0.3, 0.4) is 0 Å². The zero-order valence-corrected chi connectivity index (χ0v) is 25.0. The van der Waals surface area contributed by atoms with Crippen LogP contribution in [-0.2, 0) is 50.4 Å². The molecule has 0 heterocycles. The molecule has 0 spiro atoms. The second-order valence-electron chi connectivity index (χ2n) is 12.3. The molecule has 0 saturated carbocycles. The zero-order chi connectivity index (χ0) is 34.8. The smallest absolute Gasteiger partial charge is 0.166 e. The van der Waals surface area contributed by atoms with Crippen molar-refractivity contribution in [2.75, 3.05) is 0 Å². The highest BCUT2D eigenvalue weighted by Gasteiger charge is 2.39. The van der Waals surface area contributed by atoms with Gasteiger partial charge in [0.1, 0.15) is 0 Å². The molecule has 0 saturated heterocycles. The number of aryl methyl sites for hydroxylation is 2. The summed E-state index contributed by atoms with van der Waals surface area (Å²) in [6, 6.07) is 8.85. The molecule has 0 unspecified atom stereocenters. The predicted molar refractivity (Wildman–Crippen MR) is 156 cm³/mol. The molecule has 2 aliphatic carbocycles. The van der Waals surface area contributed by atoms with E-state index in [0.717, 1.165) is 36.8 Å². The Labute approximate surface area is 267 Å². The van der Waals surface area contributed by atoms with Crippen LogP contribution < -0.4 is 0 Å². The van der Waals surface area contributed by atoms with Gasteiger partial charge in [-0.2, -0.15) is 52.7 Å². The van der Waals surface area contributed by atoms with Crippen LogP contribution in [0.15, 0.2) is 60.7 Å². The van der Waals surface area contributed by atoms with E-state index in [1.165, 1.54) is 12.1 Å². The van der Waals surface area contributed by atoms with E-state index in [-0.39, 0.29) is 34.4 Å². The summed E-state index contributed by atoms with van der Waals surface area (Å²) in [5.41, 5.74) is -2.32. The van der Waals surface area contributed by atoms with Crippen molar-refractivity contribution in [2.24, 2.45) is 0 Å². The fourth-order valence-electron chi connectivity index (χ4n) is 6.79. The van der Waals surface area contributed by atoms with Crippen LogP contribution in [0.5, 0.6) is 0 Å². The Hall–Kier alpha value is -3.96. The van der Waals surface area contributed by atoms with Crippen LogP contribution in [0.1, 0.15) is 70.2 Å². The quantitative estimate of drug-likeness (QED) is 0.188. The first kappa shape index (κ1) is 33.9. The summed E-state index contributed by atoms with van der Waals surface area (Å²) in [4.78, 5) is 0. The van der Waals surface area contributed by atoms with E-state index < -0.39 is 47.0 Å². The lowest BCUT2D eigenvalue weighted by molar-refractivity contribution is -0.144. The van der Waals surface area contributed by atoms with Gasteiger partial charge < -0.3 is 0 Å². The molecule has 12 heteroatoms. The van der Waals surface area contributed by atoms with Crippen LogP contribution in [-0.4, -0.2) is 0 Å². The maximum absolute atomic E-state index is 13.8. The molecule has 0 N–H and O–H groups in total. The lowest BCUT2D eigenvalue weighted by Gasteiger charge is -2.27. The van der Waals surface area contributed by atoms with E-state index in [0.29, 0.717) is 72.2 Å². The molecule has 48 heavy (non-hydrogen) atoms. The van der Waals surface area contributed by atoms with Gasteiger partial charge in [-0.05, 0) is 156 Å². The van der Waals surface area contributed by atoms with Gasteiger partial charge in [-0.3, -0.25) is 0 Å². The Balaban J connectivity index is 1.62. The lowest BCUT2D eigenvalue weighted by atomic mass is 9.78. The number of halogens is 12. The molecule has 4 aromatic rings. The van der Waals surface area contributed by atoms with Gasteiger partial charge in [-0.25, -0.2) is 0 Å². The van der Waals surface area contributed by atoms with Gasteiger partial charge in [-0.15, -0.1) is 0 Å². The third-order valence-corrected chi connectivity index (χ3v) is 9.06. The summed E-state index contributed by atoms with van der Waals surface area (Å²) in [5, 5.41) is 0. The topological polar surface area (TPSA) is 0 Å². The average Bonchev–Trinajstić information content (AvgIpc) is 3.01. The van der Waals surface area contributed by atoms with Crippen LogP contribution in [0.2, 0.25) is 0 Å². The molecule has 2 aliphatic rings. The van der Waals surface area contributed by atoms with Crippen LogP contribution in [0.4, 0.5) is 52.7 Å². The third-order valence-electron chi connectivity index (χ3n) is 9.06. The summed E-state index contributed by atoms with van der Waals surface area (Å²) in [5.74, 6) is 0. The van der Waals surface area contributed by atoms with Crippen molar-refractivity contribution < 1.29 is 52.7 Å². The van der Waals surface area contributed by atoms with Crippen molar-refractivity contribution in [1.82, 2.24) is 0 Å². The number of fused-ring (bicyclic) bond motifs is 2. The molecular weight excluding hydrogens is 660 g/mol. The minimum Gasteiger partial charge on any atom is -0.166 e. The van der Waals surface area contributed by atoms with Crippen molar-refractivity contribution in [3.05, 3.63) is 105 Å². The summed E-state index contributed by atoms with van der Waals surface area (Å²) in [7, 11) is 0. The lowest BCUT2D eigenvalue weighted by Crippen LogP contribution is -2.12. The summed E-state index contributed by atoms with van der Waals surface area (Å²) in [6.07, 6.45) is -15.3. The van der Waals surface area contributed by atoms with E-state index in [2.05, 4.69) is 0 Å². The fraction of sp³-hybridized carbons (Fsp3) is 0.333. The first-order valence-electron chi connectivity index (χ1n) is 15.2. The first-order valence-corrected chi connectivity index (χ1v) is 15.2. The molecule has 0 aromatic heterocycles. The minimum atomic E-state index is -5.07. The van der Waals surface area contributed by atoms with Gasteiger partial charge in [0.25, 0.3) is 0 Å². The second-order valence-corrected chi connectivity index (χ2v) is 12.3. The van der Waals surface area contributed by atoms with Gasteiger partial charge in [0, 0.05) is 0 Å². The van der Waals surface area contributed by atoms with Gasteiger partial charge in [-0.1, -0.05) is 12.1 Å². The number of hydrogen-bond donors (Lipinski definition) is 0. The molecule has 0 radical (unpaired) electrons. The summed E-state index contributed by atoms with van der Waals surface area (Å²) in [6.45, 7) is 0. The Morgan fingerprint density at radius 1 is 0.312 bits per heavy atom. The standard InChI is InChI=1S/C36H26F12/c37-33(38,39)25-11-23(12-26(17-25)34(40,41)42)21-9-19-5-1-3-7-29(19)31(15-21)32-16-22(10-20-6-2-4-8-30(20)32)24-13-27(35(43,44)45)18-28(14-24)36(46,47)48/h9-18H,1-8H2. The molecule has 0 atom stereocenters. The number of hydrogen-bond acceptors (Lipinski definition) is 0. The van der Waals surface area contributed by atoms with Gasteiger partial charge in [0.05, 0.1) is 22.3 Å². The highest BCUT2D eigenvalue weighted by atomic mass is 19.4. The number of benzene rings is 4. The van der Waals surface area contributed by atoms with Gasteiger partial charge in [0.2, 0.25) is 0 Å². The molecular formula is C36H26F12. The zero-order valence-electron chi connectivity index (χ0n) is 25.0. The highest BCUT2D eigenvalue weighted by Crippen LogP contribution is 2.45. The molecule has 0 bridgehead atoms. The van der Waals surface area contributed by atoms with E-state index in [1.807, 2.05) is 0 Å². The molecule has 0 nitrogen and oxygen atoms in total. The second kappa shape index (κ2) is 11.9. The minimum absolute atomic E-state index is 0.0486. The Bertz CT molecular complexity index is 1670. The summed E-state index contributed by atoms with van der Waals surface area (Å²) < 4.78 is 165. The van der Waals surface area contributed by atoms with E-state index in [9.17, 15) is 52.7 Å². The van der Waals surface area contributed by atoms with Crippen molar-refractivity contribution in [2.45, 2.75) is 76.1 Å². The normalized spacial score (nSPS) is 15.7. The molecule has 254 valence electrons. The van der Waals surface area contributed by atoms with E-state index in [4.69, 9.17) is 0 Å². The number of rotatable bonds is 3. The highest BCUT2D eigenvalue weighted by molar-refractivity contribution is 5.84. The molecule has 4 aromatic carbocycles. The van der Waals surface area contributed by atoms with Gasteiger partial charge in [0.15, 0.2) is 0 Å². The Kier molecular flexibility index (Phi) is 8.39. The van der Waals surface area contributed by atoms with Crippen molar-refractivity contribution >= 4 is 0 Å². The van der Waals surface area contributed by atoms with Crippen molar-refractivity contribution in [3.8, 4) is 33.4 Å². The van der Waals surface area contributed by atoms with Crippen LogP contribution in [0.25, 0.3) is 33.4 Å². The van der Waals surface area contributed by atoms with Crippen LogP contribution in [0, 0.1) is 0 Å². The van der Waals surface area contributed by atoms with Crippen molar-refractivity contribution in [3.63, 3.8) is 0 Å². The maximum Gasteiger partial charge on any atom is 0.416 e. The Morgan fingerprint density at radius 3 is 0.875 bits per heavy atom. The maximum atomic E-state index is 13.8. The molecule has 6 rings (SSSR count). The Morgan fingerprint density at radius 2 is 0.583 bits per heavy atom. The fourth-order valence-corrected chi connectivity index (χ4v) is 6.79. The molecule has 0 aliphatic heterocycles. The van der Waals surface area contributed by atoms with Crippen molar-refractivity contribution in [1.29, 1.82) is 0 Å². The molecule has 0 amide bonds. The molecule has 0 fully saturated rings.